The van der Waals surface area contributed by atoms with Crippen molar-refractivity contribution in [2.75, 3.05) is 0 Å². The molecule has 0 radical (unpaired) electrons. The van der Waals surface area contributed by atoms with Crippen LogP contribution < -0.4 is 0 Å². The molecular formula is C20H15NO2S. The van der Waals surface area contributed by atoms with E-state index in [-0.39, 0.29) is 0 Å². The van der Waals surface area contributed by atoms with Crippen LogP contribution in [-0.2, 0) is 10.3 Å². The summed E-state index contributed by atoms with van der Waals surface area (Å²) in [7, 11) is -2.15. The van der Waals surface area contributed by atoms with Crippen LogP contribution in [0.3, 0.4) is 0 Å². The maximum Gasteiger partial charge on any atom is 0.217 e. The standard InChI is InChI=1S/C20H15NO2S/c22-24(23)16-12-10-15(11-13-16)20-19(14-6-2-1-3-7-14)17-8-4-5-9-18(17)21-20/h1-12,21H,13H2. The molecule has 0 unspecified atom stereocenters. The van der Waals surface area contributed by atoms with Gasteiger partial charge >= 0.3 is 0 Å². The van der Waals surface area contributed by atoms with Gasteiger partial charge in [-0.3, -0.25) is 0 Å². The molecule has 118 valence electrons. The zero-order chi connectivity index (χ0) is 16.5. The van der Waals surface area contributed by atoms with Crippen molar-refractivity contribution >= 4 is 31.6 Å². The van der Waals surface area contributed by atoms with Crippen LogP contribution in [0.25, 0.3) is 27.6 Å². The Bertz CT molecular complexity index is 1110. The van der Waals surface area contributed by atoms with E-state index in [9.17, 15) is 8.42 Å². The van der Waals surface area contributed by atoms with Gasteiger partial charge in [-0.2, -0.15) is 8.42 Å². The molecule has 0 spiro atoms. The number of allylic oxidation sites excluding steroid dienone is 4. The van der Waals surface area contributed by atoms with Crippen LogP contribution in [0, 0.1) is 0 Å². The molecule has 1 aromatic heterocycles. The van der Waals surface area contributed by atoms with E-state index in [0.29, 0.717) is 11.3 Å². The number of aromatic nitrogens is 1. The van der Waals surface area contributed by atoms with Gasteiger partial charge in [-0.05, 0) is 23.3 Å². The van der Waals surface area contributed by atoms with Crippen molar-refractivity contribution < 1.29 is 8.42 Å². The summed E-state index contributed by atoms with van der Waals surface area (Å²) in [4.78, 5) is 3.91. The predicted molar refractivity (Wildman–Crippen MR) is 99.4 cm³/mol. The summed E-state index contributed by atoms with van der Waals surface area (Å²) in [5.41, 5.74) is 5.40. The van der Waals surface area contributed by atoms with Crippen LogP contribution >= 0.6 is 0 Å². The van der Waals surface area contributed by atoms with Crippen LogP contribution in [0.15, 0.2) is 72.8 Å². The molecular weight excluding hydrogens is 318 g/mol. The van der Waals surface area contributed by atoms with Gasteiger partial charge in [0.1, 0.15) is 0 Å². The number of benzene rings is 2. The second-order valence-electron chi connectivity index (χ2n) is 5.68. The van der Waals surface area contributed by atoms with E-state index >= 15 is 0 Å². The third kappa shape index (κ3) is 2.51. The molecule has 0 amide bonds. The van der Waals surface area contributed by atoms with E-state index in [2.05, 4.69) is 29.2 Å². The maximum atomic E-state index is 11.1. The molecule has 0 aliphatic heterocycles. The molecule has 0 fully saturated rings. The highest BCUT2D eigenvalue weighted by atomic mass is 32.2. The van der Waals surface area contributed by atoms with Gasteiger partial charge in [0, 0.05) is 22.9 Å². The lowest BCUT2D eigenvalue weighted by Gasteiger charge is -2.09. The topological polar surface area (TPSA) is 49.9 Å². The number of para-hydroxylation sites is 1. The Kier molecular flexibility index (Phi) is 3.67. The average Bonchev–Trinajstić information content (AvgIpc) is 3.02. The fourth-order valence-corrected chi connectivity index (χ4v) is 3.50. The first kappa shape index (κ1) is 14.7. The number of rotatable bonds is 2. The second kappa shape index (κ2) is 5.98. The number of hydrogen-bond donors (Lipinski definition) is 1. The molecule has 1 aliphatic carbocycles. The monoisotopic (exact) mass is 333 g/mol. The van der Waals surface area contributed by atoms with Gasteiger partial charge in [-0.25, -0.2) is 0 Å². The Balaban J connectivity index is 1.94. The van der Waals surface area contributed by atoms with Gasteiger partial charge in [-0.15, -0.1) is 0 Å². The molecule has 3 nitrogen and oxygen atoms in total. The molecule has 24 heavy (non-hydrogen) atoms. The van der Waals surface area contributed by atoms with Crippen molar-refractivity contribution in [3.63, 3.8) is 0 Å². The van der Waals surface area contributed by atoms with E-state index in [1.807, 2.05) is 42.5 Å². The lowest BCUT2D eigenvalue weighted by Crippen LogP contribution is -1.99. The van der Waals surface area contributed by atoms with Gasteiger partial charge in [0.25, 0.3) is 0 Å². The molecule has 4 heteroatoms. The first-order chi connectivity index (χ1) is 11.7. The van der Waals surface area contributed by atoms with Crippen molar-refractivity contribution in [3.05, 3.63) is 78.5 Å². The van der Waals surface area contributed by atoms with Crippen molar-refractivity contribution in [2.45, 2.75) is 6.42 Å². The third-order valence-electron chi connectivity index (χ3n) is 4.24. The molecule has 3 aromatic rings. The van der Waals surface area contributed by atoms with E-state index < -0.39 is 10.3 Å². The minimum atomic E-state index is -2.15. The number of H-pyrrole nitrogens is 1. The van der Waals surface area contributed by atoms with Crippen LogP contribution in [-0.4, -0.2) is 18.3 Å². The first-order valence-electron chi connectivity index (χ1n) is 7.74. The highest BCUT2D eigenvalue weighted by Gasteiger charge is 2.16. The van der Waals surface area contributed by atoms with Crippen LogP contribution in [0.2, 0.25) is 0 Å². The number of hydrogen-bond acceptors (Lipinski definition) is 2. The lowest BCUT2D eigenvalue weighted by atomic mass is 9.96. The van der Waals surface area contributed by atoms with Crippen molar-refractivity contribution in [3.8, 4) is 11.1 Å². The average molecular weight is 333 g/mol. The van der Waals surface area contributed by atoms with Crippen molar-refractivity contribution in [1.82, 2.24) is 4.98 Å². The summed E-state index contributed by atoms with van der Waals surface area (Å²) in [6, 6.07) is 18.4. The smallest absolute Gasteiger partial charge is 0.217 e. The van der Waals surface area contributed by atoms with Gasteiger partial charge in [0.2, 0.25) is 10.3 Å². The minimum absolute atomic E-state index is 0.413. The SMILES string of the molecule is O=S(=O)=C1C=CC(c2[nH]c3ccccc3c2-c2ccccc2)=CC1. The third-order valence-corrected chi connectivity index (χ3v) is 4.97. The summed E-state index contributed by atoms with van der Waals surface area (Å²) in [5.74, 6) is 0. The summed E-state index contributed by atoms with van der Waals surface area (Å²) >= 11 is 0. The summed E-state index contributed by atoms with van der Waals surface area (Å²) < 4.78 is 22.2. The first-order valence-corrected chi connectivity index (χ1v) is 8.81. The number of fused-ring (bicyclic) bond motifs is 1. The molecule has 1 heterocycles. The Morgan fingerprint density at radius 2 is 1.62 bits per heavy atom. The maximum absolute atomic E-state index is 11.1. The molecule has 0 atom stereocenters. The predicted octanol–water partition coefficient (Wildman–Crippen LogP) is 4.23. The van der Waals surface area contributed by atoms with Crippen molar-refractivity contribution in [1.29, 1.82) is 0 Å². The summed E-state index contributed by atoms with van der Waals surface area (Å²) in [6.07, 6.45) is 5.93. The molecule has 0 saturated carbocycles. The lowest BCUT2D eigenvalue weighted by molar-refractivity contribution is 0.627. The summed E-state index contributed by atoms with van der Waals surface area (Å²) in [6.45, 7) is 0. The molecule has 1 N–H and O–H groups in total. The molecule has 4 rings (SSSR count). The quantitative estimate of drug-likeness (QED) is 0.714. The second-order valence-corrected chi connectivity index (χ2v) is 6.68. The van der Waals surface area contributed by atoms with Crippen LogP contribution in [0.1, 0.15) is 12.1 Å². The van der Waals surface area contributed by atoms with Gasteiger partial charge in [0.15, 0.2) is 0 Å². The Morgan fingerprint density at radius 1 is 0.875 bits per heavy atom. The van der Waals surface area contributed by atoms with Gasteiger partial charge in [0.05, 0.1) is 10.6 Å². The molecule has 0 saturated heterocycles. The molecule has 2 aromatic carbocycles. The van der Waals surface area contributed by atoms with E-state index in [4.69, 9.17) is 0 Å². The van der Waals surface area contributed by atoms with Gasteiger partial charge in [-0.1, -0.05) is 60.7 Å². The van der Waals surface area contributed by atoms with E-state index in [1.54, 1.807) is 6.08 Å². The largest absolute Gasteiger partial charge is 0.354 e. The molecule has 1 aliphatic rings. The van der Waals surface area contributed by atoms with Gasteiger partial charge < -0.3 is 4.98 Å². The Labute approximate surface area is 141 Å². The normalized spacial score (nSPS) is 14.0. The fraction of sp³-hybridized carbons (Fsp3) is 0.0500. The highest BCUT2D eigenvalue weighted by Crippen LogP contribution is 2.37. The fourth-order valence-electron chi connectivity index (χ4n) is 3.10. The van der Waals surface area contributed by atoms with Crippen LogP contribution in [0.4, 0.5) is 0 Å². The zero-order valence-corrected chi connectivity index (χ0v) is 13.7. The van der Waals surface area contributed by atoms with E-state index in [1.165, 1.54) is 0 Å². The van der Waals surface area contributed by atoms with E-state index in [0.717, 1.165) is 33.3 Å². The Morgan fingerprint density at radius 3 is 2.33 bits per heavy atom. The van der Waals surface area contributed by atoms with Crippen LogP contribution in [0.5, 0.6) is 0 Å². The highest BCUT2D eigenvalue weighted by molar-refractivity contribution is 7.73. The number of nitrogens with one attached hydrogen (secondary N) is 1. The molecule has 0 bridgehead atoms. The summed E-state index contributed by atoms with van der Waals surface area (Å²) in [5, 5.41) is 1.16. The van der Waals surface area contributed by atoms with Crippen molar-refractivity contribution in [2.24, 2.45) is 0 Å². The number of aromatic amines is 1. The Hall–Kier alpha value is -2.85. The minimum Gasteiger partial charge on any atom is -0.354 e. The zero-order valence-electron chi connectivity index (χ0n) is 12.9.